The zero-order valence-corrected chi connectivity index (χ0v) is 28.0. The summed E-state index contributed by atoms with van der Waals surface area (Å²) in [4.78, 5) is 45.6. The Balaban J connectivity index is 0.00000423. The van der Waals surface area contributed by atoms with Crippen LogP contribution in [-0.2, 0) is 20.7 Å². The van der Waals surface area contributed by atoms with Crippen molar-refractivity contribution >= 4 is 70.5 Å². The number of esters is 1. The highest BCUT2D eigenvalue weighted by atomic mass is 127. The van der Waals surface area contributed by atoms with Crippen molar-refractivity contribution in [3.8, 4) is 0 Å². The number of pyridine rings is 1. The summed E-state index contributed by atoms with van der Waals surface area (Å²) in [5.41, 5.74) is 3.36. The van der Waals surface area contributed by atoms with Gasteiger partial charge in [-0.15, -0.1) is 24.0 Å². The Bertz CT molecular complexity index is 1460. The number of halogens is 3. The number of ether oxygens (including phenoxy) is 1. The number of carbonyl (C=O) groups excluding carboxylic acids is 3. The molecule has 0 unspecified atom stereocenters. The van der Waals surface area contributed by atoms with E-state index in [9.17, 15) is 14.4 Å². The van der Waals surface area contributed by atoms with E-state index in [0.717, 1.165) is 55.5 Å². The number of ketones is 1. The lowest BCUT2D eigenvalue weighted by Crippen LogP contribution is -2.55. The number of benzene rings is 1. The molecular formula is C32H35Cl2IN4O4. The van der Waals surface area contributed by atoms with Gasteiger partial charge in [0.15, 0.2) is 5.78 Å². The molecule has 2 aromatic rings. The summed E-state index contributed by atoms with van der Waals surface area (Å²) >= 11 is 12.2. The highest BCUT2D eigenvalue weighted by Crippen LogP contribution is 2.54. The van der Waals surface area contributed by atoms with Crippen LogP contribution in [0.25, 0.3) is 0 Å². The topological polar surface area (TPSA) is 101 Å². The lowest BCUT2D eigenvalue weighted by Gasteiger charge is -2.48. The number of allylic oxidation sites excluding steroid dienone is 4. The number of nitrogens with one attached hydrogen (secondary N) is 2. The minimum absolute atomic E-state index is 0. The third-order valence-electron chi connectivity index (χ3n) is 8.06. The number of nitrogens with zero attached hydrogens (tertiary/aromatic N) is 2. The second kappa shape index (κ2) is 14.3. The Morgan fingerprint density at radius 3 is 2.40 bits per heavy atom. The standard InChI is InChI=1S/C32H34Cl2N4O4.HI/c1-3-42-31(41)25(16-20-9-11-22(12-10-20)36-30(40)27-23(33)17-35-18-24(27)34)37-28-26(21-8-7-15-38(2)19-21)29(39)32(28)13-5-4-6-14-32;/h7-12,17-19,25,37H,3-6,13-16H2,1-2H3,(H,36,40);1H/t25-;/m0./s1. The van der Waals surface area contributed by atoms with Gasteiger partial charge in [0.05, 0.1) is 27.6 Å². The van der Waals surface area contributed by atoms with Gasteiger partial charge in [-0.3, -0.25) is 14.6 Å². The fraction of sp³-hybridized carbons (Fsp3) is 0.375. The molecule has 0 radical (unpaired) electrons. The molecule has 1 atom stereocenters. The summed E-state index contributed by atoms with van der Waals surface area (Å²) in [7, 11) is 1.98. The molecule has 1 spiro atoms. The van der Waals surface area contributed by atoms with Crippen molar-refractivity contribution in [2.75, 3.05) is 25.5 Å². The van der Waals surface area contributed by atoms with E-state index in [0.29, 0.717) is 17.7 Å². The molecule has 3 aliphatic rings. The van der Waals surface area contributed by atoms with Gasteiger partial charge in [0.2, 0.25) is 0 Å². The number of amides is 1. The Hall–Kier alpha value is -2.89. The van der Waals surface area contributed by atoms with Gasteiger partial charge in [0, 0.05) is 61.1 Å². The van der Waals surface area contributed by atoms with Crippen molar-refractivity contribution < 1.29 is 19.1 Å². The first-order valence-corrected chi connectivity index (χ1v) is 15.0. The summed E-state index contributed by atoms with van der Waals surface area (Å²) in [6, 6.07) is 6.51. The van der Waals surface area contributed by atoms with Gasteiger partial charge in [-0.1, -0.05) is 66.7 Å². The first-order chi connectivity index (χ1) is 20.2. The van der Waals surface area contributed by atoms with Crippen LogP contribution >= 0.6 is 47.2 Å². The number of hydrogen-bond donors (Lipinski definition) is 2. The van der Waals surface area contributed by atoms with Crippen LogP contribution in [0.1, 0.15) is 54.9 Å². The molecule has 2 N–H and O–H groups in total. The molecule has 8 nitrogen and oxygen atoms in total. The molecule has 1 aromatic heterocycles. The first-order valence-electron chi connectivity index (χ1n) is 14.2. The molecule has 1 aromatic carbocycles. The van der Waals surface area contributed by atoms with E-state index >= 15 is 0 Å². The van der Waals surface area contributed by atoms with Gasteiger partial charge in [-0.05, 0) is 37.5 Å². The Morgan fingerprint density at radius 2 is 1.77 bits per heavy atom. The van der Waals surface area contributed by atoms with Crippen LogP contribution in [0.3, 0.4) is 0 Å². The predicted molar refractivity (Wildman–Crippen MR) is 179 cm³/mol. The third kappa shape index (κ3) is 6.94. The molecular weight excluding hydrogens is 702 g/mol. The van der Waals surface area contributed by atoms with Crippen LogP contribution < -0.4 is 10.6 Å². The number of likely N-dealkylation sites (N-methyl/N-ethyl adjacent to an activating group) is 1. The van der Waals surface area contributed by atoms with E-state index in [4.69, 9.17) is 27.9 Å². The molecule has 2 heterocycles. The maximum Gasteiger partial charge on any atom is 0.328 e. The minimum Gasteiger partial charge on any atom is -0.464 e. The maximum absolute atomic E-state index is 13.7. The zero-order chi connectivity index (χ0) is 29.9. The Kier molecular flexibility index (Phi) is 10.9. The van der Waals surface area contributed by atoms with Crippen molar-refractivity contribution in [1.29, 1.82) is 0 Å². The molecule has 1 fully saturated rings. The van der Waals surface area contributed by atoms with E-state index < -0.39 is 17.4 Å². The second-order valence-electron chi connectivity index (χ2n) is 10.9. The molecule has 5 rings (SSSR count). The van der Waals surface area contributed by atoms with E-state index in [1.54, 1.807) is 19.1 Å². The molecule has 11 heteroatoms. The highest BCUT2D eigenvalue weighted by Gasteiger charge is 2.55. The van der Waals surface area contributed by atoms with Crippen molar-refractivity contribution in [2.45, 2.75) is 51.5 Å². The molecule has 1 aliphatic heterocycles. The van der Waals surface area contributed by atoms with Gasteiger partial charge in [0.1, 0.15) is 6.04 Å². The lowest BCUT2D eigenvalue weighted by molar-refractivity contribution is -0.146. The SMILES string of the molecule is CCOC(=O)[C@H](Cc1ccc(NC(=O)c2c(Cl)cncc2Cl)cc1)NC1=C(C2=CN(C)CC=C2)C(=O)C12CCCCC2.I. The molecule has 43 heavy (non-hydrogen) atoms. The fourth-order valence-corrected chi connectivity index (χ4v) is 6.52. The summed E-state index contributed by atoms with van der Waals surface area (Å²) in [6.07, 6.45) is 13.7. The van der Waals surface area contributed by atoms with Gasteiger partial charge in [-0.2, -0.15) is 0 Å². The minimum atomic E-state index is -0.692. The molecule has 1 saturated carbocycles. The Morgan fingerprint density at radius 1 is 1.09 bits per heavy atom. The van der Waals surface area contributed by atoms with E-state index in [1.807, 2.05) is 42.4 Å². The molecule has 2 aliphatic carbocycles. The van der Waals surface area contributed by atoms with Gasteiger partial charge >= 0.3 is 5.97 Å². The average Bonchev–Trinajstić information content (AvgIpc) is 2.97. The molecule has 0 saturated heterocycles. The quantitative estimate of drug-likeness (QED) is 0.224. The molecule has 228 valence electrons. The average molecular weight is 737 g/mol. The van der Waals surface area contributed by atoms with E-state index in [1.165, 1.54) is 12.4 Å². The summed E-state index contributed by atoms with van der Waals surface area (Å²) in [6.45, 7) is 2.81. The van der Waals surface area contributed by atoms with E-state index in [2.05, 4.69) is 15.6 Å². The highest BCUT2D eigenvalue weighted by molar-refractivity contribution is 14.0. The summed E-state index contributed by atoms with van der Waals surface area (Å²) < 4.78 is 5.46. The predicted octanol–water partition coefficient (Wildman–Crippen LogP) is 6.50. The second-order valence-corrected chi connectivity index (χ2v) is 11.7. The van der Waals surface area contributed by atoms with Crippen molar-refractivity contribution in [3.05, 3.63) is 93.0 Å². The number of anilines is 1. The van der Waals surface area contributed by atoms with Gasteiger partial charge in [-0.25, -0.2) is 4.79 Å². The van der Waals surface area contributed by atoms with Crippen LogP contribution in [0.5, 0.6) is 0 Å². The number of carbonyl (C=O) groups is 3. The van der Waals surface area contributed by atoms with Crippen molar-refractivity contribution in [1.82, 2.24) is 15.2 Å². The smallest absolute Gasteiger partial charge is 0.328 e. The van der Waals surface area contributed by atoms with Crippen molar-refractivity contribution in [2.24, 2.45) is 5.41 Å². The number of rotatable bonds is 9. The molecule has 0 bridgehead atoms. The summed E-state index contributed by atoms with van der Waals surface area (Å²) in [5, 5.41) is 6.62. The first kappa shape index (κ1) is 33.0. The maximum atomic E-state index is 13.7. The largest absolute Gasteiger partial charge is 0.464 e. The van der Waals surface area contributed by atoms with Gasteiger partial charge < -0.3 is 20.3 Å². The van der Waals surface area contributed by atoms with Crippen molar-refractivity contribution in [3.63, 3.8) is 0 Å². The Labute approximate surface area is 278 Å². The third-order valence-corrected chi connectivity index (χ3v) is 8.63. The van der Waals surface area contributed by atoms with Crippen LogP contribution in [-0.4, -0.2) is 53.8 Å². The van der Waals surface area contributed by atoms with Gasteiger partial charge in [0.25, 0.3) is 5.91 Å². The number of aromatic nitrogens is 1. The number of Topliss-reactive ketones (excluding diaryl/α,β-unsaturated/α-hetero) is 1. The normalized spacial score (nSPS) is 17.9. The molecule has 1 amide bonds. The monoisotopic (exact) mass is 736 g/mol. The van der Waals surface area contributed by atoms with E-state index in [-0.39, 0.29) is 57.9 Å². The fourth-order valence-electron chi connectivity index (χ4n) is 5.98. The van der Waals surface area contributed by atoms with Crippen LogP contribution in [0, 0.1) is 5.41 Å². The van der Waals surface area contributed by atoms with Crippen LogP contribution in [0.4, 0.5) is 5.69 Å². The van der Waals surface area contributed by atoms with Crippen LogP contribution in [0.15, 0.2) is 71.9 Å². The zero-order valence-electron chi connectivity index (χ0n) is 24.1. The van der Waals surface area contributed by atoms with Crippen LogP contribution in [0.2, 0.25) is 10.0 Å². The number of hydrogen-bond acceptors (Lipinski definition) is 7. The summed E-state index contributed by atoms with van der Waals surface area (Å²) in [5.74, 6) is -0.665. The lowest BCUT2D eigenvalue weighted by atomic mass is 9.57.